The lowest BCUT2D eigenvalue weighted by molar-refractivity contribution is 0.126. The van der Waals surface area contributed by atoms with Crippen LogP contribution in [0.1, 0.15) is 39.7 Å². The van der Waals surface area contributed by atoms with E-state index < -0.39 is 0 Å². The van der Waals surface area contributed by atoms with E-state index in [1.807, 2.05) is 78.3 Å². The van der Waals surface area contributed by atoms with E-state index in [0.29, 0.717) is 34.7 Å². The van der Waals surface area contributed by atoms with Crippen molar-refractivity contribution in [2.45, 2.75) is 19.4 Å². The summed E-state index contributed by atoms with van der Waals surface area (Å²) in [6.07, 6.45) is 3.19. The zero-order valence-corrected chi connectivity index (χ0v) is 23.7. The predicted molar refractivity (Wildman–Crippen MR) is 158 cm³/mol. The molecule has 3 aromatic carbocycles. The Hall–Kier alpha value is -5.71. The van der Waals surface area contributed by atoms with Gasteiger partial charge in [0.25, 0.3) is 0 Å². The number of fused-ring (bicyclic) bond motifs is 4. The quantitative estimate of drug-likeness (QED) is 0.174. The molecule has 1 aliphatic rings. The molecule has 0 N–H and O–H groups in total. The van der Waals surface area contributed by atoms with Crippen LogP contribution in [0.25, 0.3) is 11.3 Å². The zero-order valence-electron chi connectivity index (χ0n) is 23.7. The fourth-order valence-electron chi connectivity index (χ4n) is 5.33. The van der Waals surface area contributed by atoms with E-state index in [1.165, 1.54) is 0 Å². The lowest BCUT2D eigenvalue weighted by Gasteiger charge is -2.26. The van der Waals surface area contributed by atoms with Crippen molar-refractivity contribution in [3.63, 3.8) is 0 Å². The molecule has 4 heterocycles. The van der Waals surface area contributed by atoms with Crippen LogP contribution in [0.5, 0.6) is 23.3 Å². The third-order valence-electron chi connectivity index (χ3n) is 7.28. The van der Waals surface area contributed by atoms with Crippen LogP contribution in [0.3, 0.4) is 0 Å². The minimum atomic E-state index is -0.227. The van der Waals surface area contributed by atoms with E-state index in [1.54, 1.807) is 31.3 Å². The molecule has 0 amide bonds. The fourth-order valence-corrected chi connectivity index (χ4v) is 5.33. The molecule has 0 saturated heterocycles. The van der Waals surface area contributed by atoms with Gasteiger partial charge in [-0.15, -0.1) is 5.10 Å². The number of rotatable bonds is 8. The van der Waals surface area contributed by atoms with Crippen molar-refractivity contribution in [2.75, 3.05) is 14.2 Å². The molecule has 0 aliphatic carbocycles. The first-order valence-electron chi connectivity index (χ1n) is 13.6. The summed E-state index contributed by atoms with van der Waals surface area (Å²) in [6, 6.07) is 25.6. The molecule has 11 heteroatoms. The van der Waals surface area contributed by atoms with Gasteiger partial charge in [-0.1, -0.05) is 53.7 Å². The van der Waals surface area contributed by atoms with Crippen LogP contribution in [0.15, 0.2) is 90.3 Å². The highest BCUT2D eigenvalue weighted by Crippen LogP contribution is 2.49. The third kappa shape index (κ3) is 4.70. The number of methoxy groups -OCH3 is 2. The zero-order chi connectivity index (χ0) is 29.3. The van der Waals surface area contributed by atoms with Gasteiger partial charge >= 0.3 is 0 Å². The van der Waals surface area contributed by atoms with Crippen LogP contribution >= 0.6 is 0 Å². The van der Waals surface area contributed by atoms with E-state index in [4.69, 9.17) is 29.1 Å². The van der Waals surface area contributed by atoms with Crippen molar-refractivity contribution >= 4 is 11.9 Å². The Bertz CT molecular complexity index is 1950. The molecule has 43 heavy (non-hydrogen) atoms. The number of benzene rings is 3. The Morgan fingerprint density at radius 1 is 0.907 bits per heavy atom. The van der Waals surface area contributed by atoms with Gasteiger partial charge in [0.2, 0.25) is 11.8 Å². The second kappa shape index (κ2) is 10.9. The minimum Gasteiger partial charge on any atom is -0.493 e. The lowest BCUT2D eigenvalue weighted by Crippen LogP contribution is -2.16. The normalized spacial score (nSPS) is 13.9. The largest absolute Gasteiger partial charge is 0.493 e. The van der Waals surface area contributed by atoms with Gasteiger partial charge in [-0.3, -0.25) is 0 Å². The molecule has 0 radical (unpaired) electrons. The highest BCUT2D eigenvalue weighted by Gasteiger charge is 2.38. The average molecular weight is 574 g/mol. The van der Waals surface area contributed by atoms with Gasteiger partial charge in [0.1, 0.15) is 6.33 Å². The number of aromatic nitrogens is 6. The first kappa shape index (κ1) is 26.2. The Labute approximate surface area is 246 Å². The summed E-state index contributed by atoms with van der Waals surface area (Å²) in [7, 11) is 3.18. The smallest absolute Gasteiger partial charge is 0.230 e. The topological polar surface area (TPSA) is 110 Å². The number of oxime groups is 1. The van der Waals surface area contributed by atoms with Crippen LogP contribution in [0.2, 0.25) is 0 Å². The Kier molecular flexibility index (Phi) is 6.66. The Balaban J connectivity index is 1.24. The van der Waals surface area contributed by atoms with E-state index in [0.717, 1.165) is 33.6 Å². The summed E-state index contributed by atoms with van der Waals surface area (Å²) in [5.74, 6) is 2.56. The van der Waals surface area contributed by atoms with Gasteiger partial charge in [0.15, 0.2) is 29.6 Å². The monoisotopic (exact) mass is 573 g/mol. The number of aryl methyl sites for hydroxylation is 1. The van der Waals surface area contributed by atoms with Crippen molar-refractivity contribution in [3.05, 3.63) is 119 Å². The maximum atomic E-state index is 6.47. The first-order valence-corrected chi connectivity index (χ1v) is 13.6. The minimum absolute atomic E-state index is 0.0628. The summed E-state index contributed by atoms with van der Waals surface area (Å²) in [5, 5.41) is 13.6. The van der Waals surface area contributed by atoms with Crippen LogP contribution < -0.4 is 14.2 Å². The summed E-state index contributed by atoms with van der Waals surface area (Å²) < 4.78 is 20.6. The van der Waals surface area contributed by atoms with Crippen molar-refractivity contribution in [2.24, 2.45) is 5.16 Å². The molecule has 0 saturated carbocycles. The Morgan fingerprint density at radius 2 is 1.67 bits per heavy atom. The van der Waals surface area contributed by atoms with Crippen molar-refractivity contribution in [1.29, 1.82) is 0 Å². The molecular weight excluding hydrogens is 546 g/mol. The molecule has 1 atom stereocenters. The van der Waals surface area contributed by atoms with E-state index in [9.17, 15) is 0 Å². The molecule has 0 bridgehead atoms. The molecule has 0 fully saturated rings. The second-order valence-electron chi connectivity index (χ2n) is 9.88. The van der Waals surface area contributed by atoms with Gasteiger partial charge in [0.05, 0.1) is 48.9 Å². The maximum Gasteiger partial charge on any atom is 0.230 e. The molecular formula is C32H27N7O4. The van der Waals surface area contributed by atoms with Crippen LogP contribution in [0, 0.1) is 6.92 Å². The summed E-state index contributed by atoms with van der Waals surface area (Å²) in [6.45, 7) is 2.06. The highest BCUT2D eigenvalue weighted by atomic mass is 16.6. The summed E-state index contributed by atoms with van der Waals surface area (Å²) in [5.41, 5.74) is 6.01. The van der Waals surface area contributed by atoms with Gasteiger partial charge in [-0.05, 0) is 42.8 Å². The molecule has 3 aromatic heterocycles. The summed E-state index contributed by atoms with van der Waals surface area (Å²) in [4.78, 5) is 15.0. The molecule has 11 nitrogen and oxygen atoms in total. The van der Waals surface area contributed by atoms with Crippen LogP contribution in [0.4, 0.5) is 0 Å². The third-order valence-corrected chi connectivity index (χ3v) is 7.28. The van der Waals surface area contributed by atoms with Crippen LogP contribution in [-0.4, -0.2) is 49.8 Å². The van der Waals surface area contributed by atoms with E-state index >= 15 is 0 Å². The van der Waals surface area contributed by atoms with E-state index in [2.05, 4.69) is 27.4 Å². The van der Waals surface area contributed by atoms with Gasteiger partial charge < -0.3 is 19.0 Å². The van der Waals surface area contributed by atoms with Crippen LogP contribution in [-0.2, 0) is 11.4 Å². The van der Waals surface area contributed by atoms with Gasteiger partial charge in [-0.25, -0.2) is 19.2 Å². The standard InChI is InChI=1S/C32H27N7O4/c1-20-27-28(22-10-6-4-7-11-22)29-30-35-26(18-42-34-17-21-14-15-24(40-2)25(16-21)41-3)37-38(30)19-33-31(29)43-32(27)39(36-20)23-12-8-5-9-13-23/h4-17,19,28H,18H2,1-3H3/b34-17+. The molecule has 1 unspecified atom stereocenters. The van der Waals surface area contributed by atoms with E-state index in [-0.39, 0.29) is 12.5 Å². The highest BCUT2D eigenvalue weighted by molar-refractivity contribution is 5.80. The molecule has 6 aromatic rings. The Morgan fingerprint density at radius 3 is 2.44 bits per heavy atom. The first-order chi connectivity index (χ1) is 21.1. The molecule has 0 spiro atoms. The predicted octanol–water partition coefficient (Wildman–Crippen LogP) is 5.47. The van der Waals surface area contributed by atoms with Crippen molar-refractivity contribution < 1.29 is 19.0 Å². The lowest BCUT2D eigenvalue weighted by atomic mass is 9.84. The maximum absolute atomic E-state index is 6.47. The SMILES string of the molecule is COc1ccc(/C=N/OCc2nc3c4c(ncn3n2)Oc2c(c(C)nn2-c2ccccc2)C4c2ccccc2)cc1OC. The number of ether oxygens (including phenoxy) is 3. The fraction of sp³-hybridized carbons (Fsp3) is 0.156. The second-order valence-corrected chi connectivity index (χ2v) is 9.88. The van der Waals surface area contributed by atoms with Crippen molar-refractivity contribution in [3.8, 4) is 28.9 Å². The molecule has 1 aliphatic heterocycles. The van der Waals surface area contributed by atoms with Gasteiger partial charge in [0, 0.05) is 5.56 Å². The molecule has 7 rings (SSSR count). The van der Waals surface area contributed by atoms with Crippen molar-refractivity contribution in [1.82, 2.24) is 29.4 Å². The number of para-hydroxylation sites is 1. The average Bonchev–Trinajstić information content (AvgIpc) is 3.63. The number of hydrogen-bond donors (Lipinski definition) is 0. The number of hydrogen-bond acceptors (Lipinski definition) is 9. The summed E-state index contributed by atoms with van der Waals surface area (Å²) >= 11 is 0. The number of nitrogens with zero attached hydrogens (tertiary/aromatic N) is 7. The molecule has 214 valence electrons. The van der Waals surface area contributed by atoms with Gasteiger partial charge in [-0.2, -0.15) is 5.10 Å².